The van der Waals surface area contributed by atoms with Gasteiger partial charge in [-0.1, -0.05) is 30.3 Å². The fourth-order valence-corrected chi connectivity index (χ4v) is 2.56. The zero-order valence-corrected chi connectivity index (χ0v) is 10.7. The van der Waals surface area contributed by atoms with Gasteiger partial charge in [0.15, 0.2) is 0 Å². The molecule has 0 aromatic heterocycles. The molecule has 1 aliphatic carbocycles. The highest BCUT2D eigenvalue weighted by Gasteiger charge is 2.19. The van der Waals surface area contributed by atoms with Gasteiger partial charge in [-0.25, -0.2) is 0 Å². The van der Waals surface area contributed by atoms with Crippen LogP contribution in [0.15, 0.2) is 42.2 Å². The van der Waals surface area contributed by atoms with Crippen molar-refractivity contribution in [3.8, 4) is 0 Å². The van der Waals surface area contributed by atoms with Crippen LogP contribution in [-0.4, -0.2) is 6.61 Å². The van der Waals surface area contributed by atoms with E-state index in [4.69, 9.17) is 4.74 Å². The van der Waals surface area contributed by atoms with Crippen molar-refractivity contribution in [1.82, 2.24) is 0 Å². The van der Waals surface area contributed by atoms with E-state index < -0.39 is 0 Å². The third kappa shape index (κ3) is 3.62. The van der Waals surface area contributed by atoms with Crippen LogP contribution in [0, 0.1) is 5.92 Å². The Labute approximate surface area is 104 Å². The molecule has 1 atom stereocenters. The molecule has 1 heteroatoms. The Morgan fingerprint density at radius 1 is 1.24 bits per heavy atom. The van der Waals surface area contributed by atoms with Crippen molar-refractivity contribution in [1.29, 1.82) is 0 Å². The first-order valence-corrected chi connectivity index (χ1v) is 6.77. The van der Waals surface area contributed by atoms with Gasteiger partial charge in [-0.2, -0.15) is 0 Å². The largest absolute Gasteiger partial charge is 0.498 e. The molecule has 1 aromatic carbocycles. The summed E-state index contributed by atoms with van der Waals surface area (Å²) in [6.45, 7) is 2.88. The second-order valence-electron chi connectivity index (χ2n) is 4.69. The first-order chi connectivity index (χ1) is 8.40. The maximum absolute atomic E-state index is 5.68. The first kappa shape index (κ1) is 12.2. The van der Waals surface area contributed by atoms with Crippen molar-refractivity contribution >= 4 is 0 Å². The molecule has 0 bridgehead atoms. The number of hydrogen-bond donors (Lipinski definition) is 0. The summed E-state index contributed by atoms with van der Waals surface area (Å²) in [6.07, 6.45) is 8.47. The molecule has 1 unspecified atom stereocenters. The molecule has 1 aliphatic rings. The molecule has 17 heavy (non-hydrogen) atoms. The second-order valence-corrected chi connectivity index (χ2v) is 4.69. The Balaban J connectivity index is 1.74. The molecule has 0 heterocycles. The topological polar surface area (TPSA) is 9.23 Å². The van der Waals surface area contributed by atoms with Gasteiger partial charge in [-0.3, -0.25) is 0 Å². The summed E-state index contributed by atoms with van der Waals surface area (Å²) in [5.41, 5.74) is 1.45. The van der Waals surface area contributed by atoms with Crippen molar-refractivity contribution in [2.75, 3.05) is 6.61 Å². The fraction of sp³-hybridized carbons (Fsp3) is 0.500. The van der Waals surface area contributed by atoms with E-state index >= 15 is 0 Å². The molecule has 0 aliphatic heterocycles. The quantitative estimate of drug-likeness (QED) is 0.706. The molecule has 1 nitrogen and oxygen atoms in total. The SMILES string of the molecule is CCOC1=CCCC1CCCc1ccccc1. The van der Waals surface area contributed by atoms with Crippen molar-refractivity contribution in [2.24, 2.45) is 5.92 Å². The van der Waals surface area contributed by atoms with E-state index in [1.165, 1.54) is 43.4 Å². The van der Waals surface area contributed by atoms with Gasteiger partial charge in [0.1, 0.15) is 0 Å². The highest BCUT2D eigenvalue weighted by atomic mass is 16.5. The number of rotatable bonds is 6. The van der Waals surface area contributed by atoms with Crippen molar-refractivity contribution in [3.63, 3.8) is 0 Å². The van der Waals surface area contributed by atoms with Gasteiger partial charge in [0.05, 0.1) is 12.4 Å². The van der Waals surface area contributed by atoms with Crippen LogP contribution < -0.4 is 0 Å². The Kier molecular flexibility index (Phi) is 4.66. The minimum Gasteiger partial charge on any atom is -0.498 e. The van der Waals surface area contributed by atoms with Crippen LogP contribution >= 0.6 is 0 Å². The molecule has 92 valence electrons. The Hall–Kier alpha value is -1.24. The maximum atomic E-state index is 5.68. The van der Waals surface area contributed by atoms with Crippen LogP contribution in [0.25, 0.3) is 0 Å². The third-order valence-corrected chi connectivity index (χ3v) is 3.43. The maximum Gasteiger partial charge on any atom is 0.0950 e. The first-order valence-electron chi connectivity index (χ1n) is 6.77. The number of ether oxygens (including phenoxy) is 1. The van der Waals surface area contributed by atoms with Gasteiger partial charge in [0, 0.05) is 5.92 Å². The number of allylic oxidation sites excluding steroid dienone is 2. The van der Waals surface area contributed by atoms with E-state index in [9.17, 15) is 0 Å². The highest BCUT2D eigenvalue weighted by molar-refractivity contribution is 5.14. The van der Waals surface area contributed by atoms with E-state index in [0.29, 0.717) is 5.92 Å². The summed E-state index contributed by atoms with van der Waals surface area (Å²) in [4.78, 5) is 0. The predicted octanol–water partition coefficient (Wildman–Crippen LogP) is 4.34. The van der Waals surface area contributed by atoms with Crippen LogP contribution in [0.3, 0.4) is 0 Å². The summed E-state index contributed by atoms with van der Waals surface area (Å²) < 4.78 is 5.68. The van der Waals surface area contributed by atoms with E-state index in [0.717, 1.165) is 6.61 Å². The van der Waals surface area contributed by atoms with Crippen LogP contribution in [0.2, 0.25) is 0 Å². The third-order valence-electron chi connectivity index (χ3n) is 3.43. The van der Waals surface area contributed by atoms with Gasteiger partial charge in [-0.15, -0.1) is 0 Å². The number of benzene rings is 1. The smallest absolute Gasteiger partial charge is 0.0950 e. The van der Waals surface area contributed by atoms with E-state index in [1.807, 2.05) is 0 Å². The fourth-order valence-electron chi connectivity index (χ4n) is 2.56. The van der Waals surface area contributed by atoms with Crippen LogP contribution in [0.1, 0.15) is 38.2 Å². The lowest BCUT2D eigenvalue weighted by Crippen LogP contribution is -2.03. The molecular weight excluding hydrogens is 208 g/mol. The van der Waals surface area contributed by atoms with Gasteiger partial charge in [-0.05, 0) is 50.7 Å². The van der Waals surface area contributed by atoms with Crippen LogP contribution in [0.5, 0.6) is 0 Å². The molecular formula is C16H22O. The zero-order chi connectivity index (χ0) is 11.9. The normalized spacial score (nSPS) is 19.1. The Morgan fingerprint density at radius 2 is 2.06 bits per heavy atom. The highest BCUT2D eigenvalue weighted by Crippen LogP contribution is 2.30. The van der Waals surface area contributed by atoms with Crippen LogP contribution in [0.4, 0.5) is 0 Å². The minimum atomic E-state index is 0.679. The average Bonchev–Trinajstić information content (AvgIpc) is 2.79. The summed E-state index contributed by atoms with van der Waals surface area (Å²) in [7, 11) is 0. The standard InChI is InChI=1S/C16H22O/c1-2-17-16-13-7-12-15(16)11-6-10-14-8-4-3-5-9-14/h3-5,8-9,13,15H,2,6-7,10-12H2,1H3. The van der Waals surface area contributed by atoms with Crippen molar-refractivity contribution in [2.45, 2.75) is 39.0 Å². The molecule has 0 saturated carbocycles. The second kappa shape index (κ2) is 6.48. The summed E-state index contributed by atoms with van der Waals surface area (Å²) in [5, 5.41) is 0. The Morgan fingerprint density at radius 3 is 2.82 bits per heavy atom. The molecule has 0 N–H and O–H groups in total. The Bertz CT molecular complexity index is 353. The van der Waals surface area contributed by atoms with Crippen molar-refractivity contribution < 1.29 is 4.74 Å². The van der Waals surface area contributed by atoms with E-state index in [2.05, 4.69) is 43.3 Å². The van der Waals surface area contributed by atoms with Gasteiger partial charge < -0.3 is 4.74 Å². The zero-order valence-electron chi connectivity index (χ0n) is 10.7. The molecule has 0 fully saturated rings. The van der Waals surface area contributed by atoms with Crippen molar-refractivity contribution in [3.05, 3.63) is 47.7 Å². The average molecular weight is 230 g/mol. The lowest BCUT2D eigenvalue weighted by Gasteiger charge is -2.15. The molecule has 0 amide bonds. The van der Waals surface area contributed by atoms with Gasteiger partial charge >= 0.3 is 0 Å². The summed E-state index contributed by atoms with van der Waals surface area (Å²) >= 11 is 0. The lowest BCUT2D eigenvalue weighted by molar-refractivity contribution is 0.191. The van der Waals surface area contributed by atoms with Crippen LogP contribution in [-0.2, 0) is 11.2 Å². The molecule has 1 aromatic rings. The molecule has 0 saturated heterocycles. The molecule has 2 rings (SSSR count). The molecule has 0 spiro atoms. The van der Waals surface area contributed by atoms with Gasteiger partial charge in [0.2, 0.25) is 0 Å². The lowest BCUT2D eigenvalue weighted by atomic mass is 9.98. The summed E-state index contributed by atoms with van der Waals surface area (Å²) in [5.74, 6) is 1.93. The number of aryl methyl sites for hydroxylation is 1. The van der Waals surface area contributed by atoms with E-state index in [1.54, 1.807) is 0 Å². The predicted molar refractivity (Wildman–Crippen MR) is 71.8 cm³/mol. The van der Waals surface area contributed by atoms with Gasteiger partial charge in [0.25, 0.3) is 0 Å². The van der Waals surface area contributed by atoms with E-state index in [-0.39, 0.29) is 0 Å². The minimum absolute atomic E-state index is 0.679. The molecule has 0 radical (unpaired) electrons. The monoisotopic (exact) mass is 230 g/mol. The summed E-state index contributed by atoms with van der Waals surface area (Å²) in [6, 6.07) is 10.8. The number of hydrogen-bond acceptors (Lipinski definition) is 1.